The van der Waals surface area contributed by atoms with Crippen LogP contribution >= 0.6 is 21.6 Å². The van der Waals surface area contributed by atoms with Gasteiger partial charge in [0.05, 0.1) is 23.6 Å². The van der Waals surface area contributed by atoms with Crippen LogP contribution in [0.3, 0.4) is 0 Å². The molecule has 0 saturated carbocycles. The van der Waals surface area contributed by atoms with E-state index in [-0.39, 0.29) is 23.7 Å². The van der Waals surface area contributed by atoms with Gasteiger partial charge >= 0.3 is 0 Å². The number of aromatic hydroxyl groups is 2. The molecule has 0 amide bonds. The number of rotatable bonds is 7. The van der Waals surface area contributed by atoms with E-state index in [2.05, 4.69) is 9.97 Å². The highest BCUT2D eigenvalue weighted by Crippen LogP contribution is 2.34. The van der Waals surface area contributed by atoms with E-state index in [0.29, 0.717) is 40.3 Å². The van der Waals surface area contributed by atoms with Crippen molar-refractivity contribution >= 4 is 27.9 Å². The summed E-state index contributed by atoms with van der Waals surface area (Å²) in [5, 5.41) is 29.2. The number of aryl methyl sites for hydroxylation is 2. The maximum absolute atomic E-state index is 11.1. The number of carbonyl (C=O) groups is 1. The molecule has 24 heavy (non-hydrogen) atoms. The number of hydrogen-bond acceptors (Lipinski definition) is 8. The van der Waals surface area contributed by atoms with Crippen molar-refractivity contribution in [2.75, 3.05) is 0 Å². The number of aldehydes is 1. The third kappa shape index (κ3) is 4.00. The molecule has 2 aromatic rings. The van der Waals surface area contributed by atoms with Gasteiger partial charge in [-0.1, -0.05) is 21.6 Å². The molecule has 0 unspecified atom stereocenters. The molecule has 128 valence electrons. The SMILES string of the molecule is Cc1ncc(CSSCc2cnc(C)c(O)c2CO)c(C=O)c1O. The van der Waals surface area contributed by atoms with Gasteiger partial charge in [0.1, 0.15) is 11.5 Å². The molecule has 0 aliphatic heterocycles. The Kier molecular flexibility index (Phi) is 6.47. The van der Waals surface area contributed by atoms with Crippen molar-refractivity contribution in [3.8, 4) is 11.5 Å². The predicted octanol–water partition coefficient (Wildman–Crippen LogP) is 2.89. The fraction of sp³-hybridized carbons (Fsp3) is 0.312. The molecule has 0 aliphatic rings. The maximum atomic E-state index is 11.1. The first-order valence-corrected chi connectivity index (χ1v) is 9.62. The van der Waals surface area contributed by atoms with Crippen molar-refractivity contribution in [3.63, 3.8) is 0 Å². The van der Waals surface area contributed by atoms with E-state index in [1.165, 1.54) is 21.6 Å². The van der Waals surface area contributed by atoms with E-state index in [0.717, 1.165) is 5.56 Å². The van der Waals surface area contributed by atoms with E-state index < -0.39 is 0 Å². The zero-order chi connectivity index (χ0) is 17.7. The molecule has 0 saturated heterocycles. The Morgan fingerprint density at radius 2 is 1.54 bits per heavy atom. The lowest BCUT2D eigenvalue weighted by atomic mass is 10.1. The van der Waals surface area contributed by atoms with Gasteiger partial charge in [-0.2, -0.15) is 0 Å². The molecule has 6 nitrogen and oxygen atoms in total. The van der Waals surface area contributed by atoms with Gasteiger partial charge in [0.25, 0.3) is 0 Å². The van der Waals surface area contributed by atoms with E-state index in [1.807, 2.05) is 0 Å². The van der Waals surface area contributed by atoms with Crippen LogP contribution in [0.5, 0.6) is 11.5 Å². The van der Waals surface area contributed by atoms with E-state index in [4.69, 9.17) is 0 Å². The van der Waals surface area contributed by atoms with Gasteiger partial charge in [-0.05, 0) is 25.0 Å². The topological polar surface area (TPSA) is 104 Å². The highest BCUT2D eigenvalue weighted by molar-refractivity contribution is 8.76. The molecule has 2 aromatic heterocycles. The van der Waals surface area contributed by atoms with Gasteiger partial charge in [0, 0.05) is 29.5 Å². The normalized spacial score (nSPS) is 10.8. The van der Waals surface area contributed by atoms with Crippen LogP contribution in [0.1, 0.15) is 38.4 Å². The Morgan fingerprint density at radius 1 is 1.00 bits per heavy atom. The van der Waals surface area contributed by atoms with Gasteiger partial charge in [-0.15, -0.1) is 0 Å². The average Bonchev–Trinajstić information content (AvgIpc) is 2.58. The predicted molar refractivity (Wildman–Crippen MR) is 95.2 cm³/mol. The van der Waals surface area contributed by atoms with Crippen LogP contribution in [0.4, 0.5) is 0 Å². The summed E-state index contributed by atoms with van der Waals surface area (Å²) >= 11 is 0. The van der Waals surface area contributed by atoms with Gasteiger partial charge in [-0.3, -0.25) is 14.8 Å². The van der Waals surface area contributed by atoms with Crippen molar-refractivity contribution in [3.05, 3.63) is 46.0 Å². The maximum Gasteiger partial charge on any atom is 0.154 e. The molecule has 2 rings (SSSR count). The zero-order valence-electron chi connectivity index (χ0n) is 13.3. The third-order valence-electron chi connectivity index (χ3n) is 3.58. The number of aliphatic hydroxyl groups is 1. The van der Waals surface area contributed by atoms with Gasteiger partial charge in [0.15, 0.2) is 6.29 Å². The molecule has 0 fully saturated rings. The van der Waals surface area contributed by atoms with Crippen molar-refractivity contribution in [1.29, 1.82) is 0 Å². The van der Waals surface area contributed by atoms with Gasteiger partial charge in [0.2, 0.25) is 0 Å². The number of nitrogens with zero attached hydrogens (tertiary/aromatic N) is 2. The van der Waals surface area contributed by atoms with E-state index >= 15 is 0 Å². The van der Waals surface area contributed by atoms with Crippen LogP contribution in [0.2, 0.25) is 0 Å². The van der Waals surface area contributed by atoms with Crippen LogP contribution in [-0.4, -0.2) is 31.6 Å². The zero-order valence-corrected chi connectivity index (χ0v) is 14.9. The number of aliphatic hydroxyl groups excluding tert-OH is 1. The van der Waals surface area contributed by atoms with E-state index in [1.54, 1.807) is 26.2 Å². The summed E-state index contributed by atoms with van der Waals surface area (Å²) in [6.45, 7) is 3.07. The Labute approximate surface area is 147 Å². The van der Waals surface area contributed by atoms with Crippen LogP contribution < -0.4 is 0 Å². The highest BCUT2D eigenvalue weighted by atomic mass is 33.1. The minimum atomic E-state index is -0.249. The van der Waals surface area contributed by atoms with Gasteiger partial charge < -0.3 is 15.3 Å². The Morgan fingerprint density at radius 3 is 2.12 bits per heavy atom. The quantitative estimate of drug-likeness (QED) is 0.390. The molecule has 0 radical (unpaired) electrons. The minimum absolute atomic E-state index is 0.0245. The fourth-order valence-electron chi connectivity index (χ4n) is 2.09. The summed E-state index contributed by atoms with van der Waals surface area (Å²) in [5.41, 5.74) is 3.08. The number of hydrogen-bond donors (Lipinski definition) is 3. The standard InChI is InChI=1S/C16H18N2O4S2/c1-9-15(21)13(5-19)11(3-17-9)7-23-24-8-12-4-18-10(2)16(22)14(12)6-20/h3-5,20-22H,6-8H2,1-2H3. The van der Waals surface area contributed by atoms with Gasteiger partial charge in [-0.25, -0.2) is 0 Å². The van der Waals surface area contributed by atoms with Crippen molar-refractivity contribution in [2.24, 2.45) is 0 Å². The molecule has 0 aliphatic carbocycles. The highest BCUT2D eigenvalue weighted by Gasteiger charge is 2.13. The Balaban J connectivity index is 2.01. The number of aromatic nitrogens is 2. The number of pyridine rings is 2. The second-order valence-corrected chi connectivity index (χ2v) is 7.59. The minimum Gasteiger partial charge on any atom is -0.506 e. The Hall–Kier alpha value is -1.77. The third-order valence-corrected chi connectivity index (χ3v) is 5.81. The molecule has 0 bridgehead atoms. The summed E-state index contributed by atoms with van der Waals surface area (Å²) in [6, 6.07) is 0. The summed E-state index contributed by atoms with van der Waals surface area (Å²) in [4.78, 5) is 19.3. The second-order valence-electron chi connectivity index (χ2n) is 5.13. The second kappa shape index (κ2) is 8.36. The first-order valence-electron chi connectivity index (χ1n) is 7.13. The summed E-state index contributed by atoms with van der Waals surface area (Å²) in [5.74, 6) is 0.988. The average molecular weight is 366 g/mol. The lowest BCUT2D eigenvalue weighted by Gasteiger charge is -2.11. The molecule has 0 atom stereocenters. The first-order chi connectivity index (χ1) is 11.5. The van der Waals surface area contributed by atoms with Crippen molar-refractivity contribution in [2.45, 2.75) is 32.0 Å². The van der Waals surface area contributed by atoms with Crippen molar-refractivity contribution < 1.29 is 20.1 Å². The smallest absolute Gasteiger partial charge is 0.154 e. The van der Waals surface area contributed by atoms with Crippen LogP contribution in [-0.2, 0) is 18.1 Å². The molecule has 8 heteroatoms. The largest absolute Gasteiger partial charge is 0.506 e. The molecule has 0 spiro atoms. The van der Waals surface area contributed by atoms with Crippen LogP contribution in [0.15, 0.2) is 12.4 Å². The molecule has 3 N–H and O–H groups in total. The molecule has 2 heterocycles. The first kappa shape index (κ1) is 18.6. The van der Waals surface area contributed by atoms with Crippen LogP contribution in [0.25, 0.3) is 0 Å². The fourth-order valence-corrected chi connectivity index (χ4v) is 4.26. The lowest BCUT2D eigenvalue weighted by Crippen LogP contribution is -1.97. The lowest BCUT2D eigenvalue weighted by molar-refractivity contribution is 0.112. The van der Waals surface area contributed by atoms with Crippen molar-refractivity contribution in [1.82, 2.24) is 9.97 Å². The monoisotopic (exact) mass is 366 g/mol. The summed E-state index contributed by atoms with van der Waals surface area (Å²) in [6.07, 6.45) is 3.87. The summed E-state index contributed by atoms with van der Waals surface area (Å²) in [7, 11) is 2.99. The van der Waals surface area contributed by atoms with Crippen LogP contribution in [0, 0.1) is 13.8 Å². The molecule has 0 aromatic carbocycles. The molecular formula is C16H18N2O4S2. The number of carbonyl (C=O) groups excluding carboxylic acids is 1. The molecular weight excluding hydrogens is 348 g/mol. The summed E-state index contributed by atoms with van der Waals surface area (Å²) < 4.78 is 0. The van der Waals surface area contributed by atoms with E-state index in [9.17, 15) is 20.1 Å². The Bertz CT molecular complexity index is 753.